The summed E-state index contributed by atoms with van der Waals surface area (Å²) in [7, 11) is 2.93. The molecule has 2 amide bonds. The van der Waals surface area contributed by atoms with Crippen LogP contribution in [-0.4, -0.2) is 26.0 Å². The van der Waals surface area contributed by atoms with E-state index in [1.54, 1.807) is 6.07 Å². The summed E-state index contributed by atoms with van der Waals surface area (Å²) in [6.07, 6.45) is -0.333. The van der Waals surface area contributed by atoms with Crippen LogP contribution in [-0.2, 0) is 9.59 Å². The number of rotatable bonds is 7. The van der Waals surface area contributed by atoms with Crippen molar-refractivity contribution in [3.63, 3.8) is 0 Å². The van der Waals surface area contributed by atoms with Crippen LogP contribution in [0.5, 0.6) is 11.5 Å². The summed E-state index contributed by atoms with van der Waals surface area (Å²) in [5.41, 5.74) is 2.09. The van der Waals surface area contributed by atoms with Crippen molar-refractivity contribution in [2.45, 2.75) is 26.2 Å². The topological polar surface area (TPSA) is 76.7 Å². The predicted molar refractivity (Wildman–Crippen MR) is 107 cm³/mol. The Morgan fingerprint density at radius 3 is 2.15 bits per heavy atom. The molecule has 2 rings (SSSR count). The molecule has 144 valence electrons. The normalized spacial score (nSPS) is 10.4. The quantitative estimate of drug-likeness (QED) is 0.685. The van der Waals surface area contributed by atoms with Gasteiger partial charge in [-0.1, -0.05) is 43.6 Å². The molecule has 7 heteroatoms. The molecule has 0 atom stereocenters. The van der Waals surface area contributed by atoms with Crippen molar-refractivity contribution in [1.29, 1.82) is 0 Å². The summed E-state index contributed by atoms with van der Waals surface area (Å²) in [5.74, 6) is 0.140. The van der Waals surface area contributed by atoms with Crippen molar-refractivity contribution in [3.05, 3.63) is 47.0 Å². The van der Waals surface area contributed by atoms with Crippen molar-refractivity contribution < 1.29 is 19.1 Å². The van der Waals surface area contributed by atoms with E-state index in [4.69, 9.17) is 21.1 Å². The summed E-state index contributed by atoms with van der Waals surface area (Å²) >= 11 is 6.05. The van der Waals surface area contributed by atoms with Gasteiger partial charge in [0, 0.05) is 17.8 Å². The first-order valence-corrected chi connectivity index (χ1v) is 8.83. The molecular weight excluding hydrogens is 368 g/mol. The fourth-order valence-corrected chi connectivity index (χ4v) is 2.84. The molecule has 0 saturated carbocycles. The van der Waals surface area contributed by atoms with Crippen LogP contribution in [0.3, 0.4) is 0 Å². The van der Waals surface area contributed by atoms with Crippen molar-refractivity contribution in [2.24, 2.45) is 0 Å². The minimum absolute atomic E-state index is 0.251. The number of halogens is 1. The number of nitrogens with one attached hydrogen (secondary N) is 2. The molecule has 0 saturated heterocycles. The molecule has 0 aromatic heterocycles. The molecule has 0 spiro atoms. The van der Waals surface area contributed by atoms with Crippen molar-refractivity contribution >= 4 is 34.8 Å². The second-order valence-corrected chi connectivity index (χ2v) is 6.61. The Balaban J connectivity index is 2.07. The van der Waals surface area contributed by atoms with Gasteiger partial charge in [0.15, 0.2) is 0 Å². The van der Waals surface area contributed by atoms with Crippen LogP contribution in [0.1, 0.15) is 31.7 Å². The third-order valence-corrected chi connectivity index (χ3v) is 4.22. The molecule has 2 aromatic rings. The van der Waals surface area contributed by atoms with Gasteiger partial charge in [-0.15, -0.1) is 0 Å². The first-order chi connectivity index (χ1) is 12.8. The van der Waals surface area contributed by atoms with Gasteiger partial charge in [-0.05, 0) is 17.5 Å². The average Bonchev–Trinajstić information content (AvgIpc) is 2.62. The van der Waals surface area contributed by atoms with Gasteiger partial charge >= 0.3 is 0 Å². The monoisotopic (exact) mass is 390 g/mol. The second kappa shape index (κ2) is 9.28. The molecule has 0 aliphatic heterocycles. The van der Waals surface area contributed by atoms with Crippen molar-refractivity contribution in [1.82, 2.24) is 0 Å². The molecule has 0 aliphatic rings. The van der Waals surface area contributed by atoms with Gasteiger partial charge in [-0.3, -0.25) is 9.59 Å². The average molecular weight is 391 g/mol. The minimum atomic E-state index is -0.475. The largest absolute Gasteiger partial charge is 0.495 e. The fourth-order valence-electron chi connectivity index (χ4n) is 2.61. The summed E-state index contributed by atoms with van der Waals surface area (Å²) < 4.78 is 10.4. The van der Waals surface area contributed by atoms with Gasteiger partial charge in [0.1, 0.15) is 17.9 Å². The van der Waals surface area contributed by atoms with E-state index in [0.717, 1.165) is 5.56 Å². The first kappa shape index (κ1) is 20.6. The number of benzene rings is 2. The SMILES string of the molecule is COc1cc(NC(=O)CC(=O)Nc2ccccc2C(C)C)c(OC)cc1Cl. The summed E-state index contributed by atoms with van der Waals surface area (Å²) in [5, 5.41) is 5.80. The van der Waals surface area contributed by atoms with E-state index in [0.29, 0.717) is 27.9 Å². The lowest BCUT2D eigenvalue weighted by Gasteiger charge is -2.15. The molecule has 2 aromatic carbocycles. The van der Waals surface area contributed by atoms with E-state index in [-0.39, 0.29) is 12.3 Å². The minimum Gasteiger partial charge on any atom is -0.495 e. The molecule has 0 bridgehead atoms. The highest BCUT2D eigenvalue weighted by Gasteiger charge is 2.16. The number of carbonyl (C=O) groups is 2. The smallest absolute Gasteiger partial charge is 0.233 e. The molecular formula is C20H23ClN2O4. The van der Waals surface area contributed by atoms with Gasteiger partial charge in [0.25, 0.3) is 0 Å². The Bertz CT molecular complexity index is 837. The molecule has 2 N–H and O–H groups in total. The Kier molecular flexibility index (Phi) is 7.07. The number of carbonyl (C=O) groups excluding carboxylic acids is 2. The van der Waals surface area contributed by atoms with Crippen LogP contribution in [0.4, 0.5) is 11.4 Å². The third kappa shape index (κ3) is 5.37. The van der Waals surface area contributed by atoms with E-state index >= 15 is 0 Å². The molecule has 27 heavy (non-hydrogen) atoms. The zero-order valence-electron chi connectivity index (χ0n) is 15.8. The maximum atomic E-state index is 12.3. The Morgan fingerprint density at radius 1 is 0.963 bits per heavy atom. The number of para-hydroxylation sites is 1. The van der Waals surface area contributed by atoms with Gasteiger partial charge in [-0.25, -0.2) is 0 Å². The Morgan fingerprint density at radius 2 is 1.56 bits per heavy atom. The van der Waals surface area contributed by atoms with E-state index in [9.17, 15) is 9.59 Å². The van der Waals surface area contributed by atoms with Crippen LogP contribution in [0.15, 0.2) is 36.4 Å². The van der Waals surface area contributed by atoms with Crippen LogP contribution < -0.4 is 20.1 Å². The van der Waals surface area contributed by atoms with E-state index in [1.807, 2.05) is 38.1 Å². The molecule has 0 heterocycles. The summed E-state index contributed by atoms with van der Waals surface area (Å²) in [6, 6.07) is 10.6. The van der Waals surface area contributed by atoms with Gasteiger partial charge < -0.3 is 20.1 Å². The van der Waals surface area contributed by atoms with Gasteiger partial charge in [0.2, 0.25) is 11.8 Å². The van der Waals surface area contributed by atoms with Crippen LogP contribution in [0.2, 0.25) is 5.02 Å². The second-order valence-electron chi connectivity index (χ2n) is 6.20. The summed E-state index contributed by atoms with van der Waals surface area (Å²) in [4.78, 5) is 24.6. The Labute approximate surface area is 163 Å². The first-order valence-electron chi connectivity index (χ1n) is 8.45. The number of hydrogen-bond acceptors (Lipinski definition) is 4. The number of anilines is 2. The number of hydrogen-bond donors (Lipinski definition) is 2. The Hall–Kier alpha value is -2.73. The lowest BCUT2D eigenvalue weighted by Crippen LogP contribution is -2.22. The highest BCUT2D eigenvalue weighted by molar-refractivity contribution is 6.32. The number of ether oxygens (including phenoxy) is 2. The molecule has 0 unspecified atom stereocenters. The van der Waals surface area contributed by atoms with Crippen LogP contribution in [0, 0.1) is 0 Å². The highest BCUT2D eigenvalue weighted by atomic mass is 35.5. The zero-order chi connectivity index (χ0) is 20.0. The van der Waals surface area contributed by atoms with Gasteiger partial charge in [0.05, 0.1) is 24.9 Å². The number of amides is 2. The zero-order valence-corrected chi connectivity index (χ0v) is 16.5. The third-order valence-electron chi connectivity index (χ3n) is 3.93. The standard InChI is InChI=1S/C20H23ClN2O4/c1-12(2)13-7-5-6-8-15(13)22-19(24)11-20(25)23-16-10-17(26-3)14(21)9-18(16)27-4/h5-10,12H,11H2,1-4H3,(H,22,24)(H,23,25). The van der Waals surface area contributed by atoms with Gasteiger partial charge in [-0.2, -0.15) is 0 Å². The highest BCUT2D eigenvalue weighted by Crippen LogP contribution is 2.35. The summed E-state index contributed by atoms with van der Waals surface area (Å²) in [6.45, 7) is 4.08. The van der Waals surface area contributed by atoms with Crippen LogP contribution in [0.25, 0.3) is 0 Å². The predicted octanol–water partition coefficient (Wildman–Crippen LogP) is 4.45. The van der Waals surface area contributed by atoms with Crippen LogP contribution >= 0.6 is 11.6 Å². The molecule has 0 fully saturated rings. The van der Waals surface area contributed by atoms with Crippen molar-refractivity contribution in [3.8, 4) is 11.5 Å². The molecule has 6 nitrogen and oxygen atoms in total. The number of methoxy groups -OCH3 is 2. The maximum Gasteiger partial charge on any atom is 0.233 e. The van der Waals surface area contributed by atoms with E-state index in [2.05, 4.69) is 10.6 Å². The maximum absolute atomic E-state index is 12.3. The lowest BCUT2D eigenvalue weighted by molar-refractivity contribution is -0.123. The van der Waals surface area contributed by atoms with E-state index < -0.39 is 11.8 Å². The lowest BCUT2D eigenvalue weighted by atomic mass is 10.0. The van der Waals surface area contributed by atoms with E-state index in [1.165, 1.54) is 20.3 Å². The molecule has 0 radical (unpaired) electrons. The molecule has 0 aliphatic carbocycles. The fraction of sp³-hybridized carbons (Fsp3) is 0.300. The van der Waals surface area contributed by atoms with Crippen molar-refractivity contribution in [2.75, 3.05) is 24.9 Å².